The van der Waals surface area contributed by atoms with E-state index in [-0.39, 0.29) is 31.1 Å². The lowest BCUT2D eigenvalue weighted by atomic mass is 9.97. The van der Waals surface area contributed by atoms with Gasteiger partial charge in [-0.1, -0.05) is 91.0 Å². The van der Waals surface area contributed by atoms with Crippen molar-refractivity contribution in [2.45, 2.75) is 75.3 Å². The molecule has 3 atom stereocenters. The highest BCUT2D eigenvalue weighted by Crippen LogP contribution is 2.39. The minimum absolute atomic E-state index is 0.0144. The minimum Gasteiger partial charge on any atom is -0.392 e. The molecule has 13 heteroatoms. The highest BCUT2D eigenvalue weighted by molar-refractivity contribution is 7.99. The number of thioether (sulfide) groups is 1. The van der Waals surface area contributed by atoms with Gasteiger partial charge in [0, 0.05) is 44.2 Å². The number of aromatic nitrogens is 4. The monoisotopic (exact) mass is 660 g/mol. The maximum Gasteiger partial charge on any atom is 0.243 e. The van der Waals surface area contributed by atoms with Crippen LogP contribution in [0.5, 0.6) is 0 Å². The van der Waals surface area contributed by atoms with Gasteiger partial charge in [-0.2, -0.15) is 0 Å². The number of amides is 2. The average Bonchev–Trinajstić information content (AvgIpc) is 3.53. The first kappa shape index (κ1) is 34.2. The third-order valence-corrected chi connectivity index (χ3v) is 9.16. The van der Waals surface area contributed by atoms with Gasteiger partial charge in [-0.05, 0) is 51.1 Å². The fourth-order valence-corrected chi connectivity index (χ4v) is 6.26. The molecule has 0 spiro atoms. The second kappa shape index (κ2) is 17.1. The van der Waals surface area contributed by atoms with Crippen molar-refractivity contribution in [2.75, 3.05) is 5.75 Å². The SMILES string of the molecule is Cn1nnnc1SCC1CC(c2ccc(CO)cc2)OC(c2ccc(-c3ccccc3CNC(=O)CCCCCC(=O)NO)cc2)O1. The Kier molecular flexibility index (Phi) is 12.5. The van der Waals surface area contributed by atoms with E-state index >= 15 is 0 Å². The van der Waals surface area contributed by atoms with Crippen molar-refractivity contribution >= 4 is 23.6 Å². The van der Waals surface area contributed by atoms with Crippen molar-refractivity contribution in [3.8, 4) is 11.1 Å². The maximum atomic E-state index is 12.5. The van der Waals surface area contributed by atoms with Crippen LogP contribution in [-0.2, 0) is 39.3 Å². The molecule has 2 amide bonds. The summed E-state index contributed by atoms with van der Waals surface area (Å²) in [6.45, 7) is 0.384. The van der Waals surface area contributed by atoms with Crippen LogP contribution in [0.4, 0.5) is 0 Å². The topological polar surface area (TPSA) is 161 Å². The zero-order valence-corrected chi connectivity index (χ0v) is 27.1. The molecule has 47 heavy (non-hydrogen) atoms. The van der Waals surface area contributed by atoms with E-state index in [9.17, 15) is 14.7 Å². The molecular weight excluding hydrogens is 620 g/mol. The number of carbonyl (C=O) groups is 2. The van der Waals surface area contributed by atoms with Crippen LogP contribution in [0.25, 0.3) is 11.1 Å². The van der Waals surface area contributed by atoms with Gasteiger partial charge in [0.1, 0.15) is 0 Å². The Morgan fingerprint density at radius 3 is 2.36 bits per heavy atom. The van der Waals surface area contributed by atoms with Crippen LogP contribution >= 0.6 is 11.8 Å². The van der Waals surface area contributed by atoms with Gasteiger partial charge in [0.15, 0.2) is 6.29 Å². The number of hydrogen-bond donors (Lipinski definition) is 4. The summed E-state index contributed by atoms with van der Waals surface area (Å²) < 4.78 is 14.6. The zero-order valence-electron chi connectivity index (χ0n) is 26.2. The number of unbranched alkanes of at least 4 members (excludes halogenated alkanes) is 2. The molecule has 1 aliphatic rings. The van der Waals surface area contributed by atoms with Crippen molar-refractivity contribution < 1.29 is 29.4 Å². The number of carbonyl (C=O) groups excluding carboxylic acids is 2. The predicted molar refractivity (Wildman–Crippen MR) is 175 cm³/mol. The summed E-state index contributed by atoms with van der Waals surface area (Å²) in [7, 11) is 1.81. The van der Waals surface area contributed by atoms with E-state index < -0.39 is 12.2 Å². The maximum absolute atomic E-state index is 12.5. The molecule has 12 nitrogen and oxygen atoms in total. The van der Waals surface area contributed by atoms with Crippen LogP contribution in [0.1, 0.15) is 73.2 Å². The number of hydroxylamine groups is 1. The molecule has 5 rings (SSSR count). The van der Waals surface area contributed by atoms with Gasteiger partial charge in [-0.15, -0.1) is 5.10 Å². The third kappa shape index (κ3) is 9.69. The Morgan fingerprint density at radius 2 is 1.66 bits per heavy atom. The molecule has 1 fully saturated rings. The smallest absolute Gasteiger partial charge is 0.243 e. The summed E-state index contributed by atoms with van der Waals surface area (Å²) in [6.07, 6.45) is 2.38. The van der Waals surface area contributed by atoms with Gasteiger partial charge in [-0.3, -0.25) is 14.8 Å². The number of hydrogen-bond acceptors (Lipinski definition) is 10. The number of aryl methyl sites for hydroxylation is 1. The number of rotatable bonds is 15. The quantitative estimate of drug-likeness (QED) is 0.0605. The van der Waals surface area contributed by atoms with E-state index in [2.05, 4.69) is 20.8 Å². The molecule has 4 N–H and O–H groups in total. The van der Waals surface area contributed by atoms with Gasteiger partial charge < -0.3 is 19.9 Å². The molecule has 1 saturated heterocycles. The highest BCUT2D eigenvalue weighted by atomic mass is 32.2. The van der Waals surface area contributed by atoms with Crippen LogP contribution in [-0.4, -0.2) is 54.2 Å². The first-order valence-corrected chi connectivity index (χ1v) is 16.7. The van der Waals surface area contributed by atoms with Crippen molar-refractivity contribution in [2.24, 2.45) is 7.05 Å². The second-order valence-corrected chi connectivity index (χ2v) is 12.4. The molecule has 3 unspecified atom stereocenters. The van der Waals surface area contributed by atoms with Gasteiger partial charge >= 0.3 is 0 Å². The summed E-state index contributed by atoms with van der Waals surface area (Å²) in [5.41, 5.74) is 7.41. The molecule has 0 saturated carbocycles. The molecule has 1 aliphatic heterocycles. The highest BCUT2D eigenvalue weighted by Gasteiger charge is 2.32. The van der Waals surface area contributed by atoms with E-state index in [4.69, 9.17) is 14.7 Å². The molecule has 0 aliphatic carbocycles. The molecule has 3 aromatic carbocycles. The Labute approximate surface area is 277 Å². The van der Waals surface area contributed by atoms with Crippen LogP contribution in [0.2, 0.25) is 0 Å². The van der Waals surface area contributed by atoms with Gasteiger partial charge in [0.25, 0.3) is 0 Å². The molecule has 2 heterocycles. The van der Waals surface area contributed by atoms with E-state index in [0.717, 1.165) is 39.8 Å². The van der Waals surface area contributed by atoms with E-state index in [1.54, 1.807) is 10.2 Å². The molecule has 1 aromatic heterocycles. The van der Waals surface area contributed by atoms with Gasteiger partial charge in [0.2, 0.25) is 17.0 Å². The van der Waals surface area contributed by atoms with Crippen molar-refractivity contribution in [3.05, 3.63) is 95.1 Å². The Hall–Kier alpha value is -4.14. The first-order chi connectivity index (χ1) is 22.9. The number of aliphatic hydroxyl groups excluding tert-OH is 1. The Morgan fingerprint density at radius 1 is 0.936 bits per heavy atom. The molecule has 0 bridgehead atoms. The number of ether oxygens (including phenoxy) is 2. The second-order valence-electron chi connectivity index (χ2n) is 11.4. The van der Waals surface area contributed by atoms with Crippen LogP contribution < -0.4 is 10.8 Å². The van der Waals surface area contributed by atoms with Gasteiger partial charge in [0.05, 0.1) is 18.8 Å². The van der Waals surface area contributed by atoms with E-state index in [1.165, 1.54) is 11.8 Å². The third-order valence-electron chi connectivity index (χ3n) is 8.01. The van der Waals surface area contributed by atoms with E-state index in [1.807, 2.05) is 79.8 Å². The number of tetrazole rings is 1. The largest absolute Gasteiger partial charge is 0.392 e. The van der Waals surface area contributed by atoms with Crippen LogP contribution in [0, 0.1) is 0 Å². The lowest BCUT2D eigenvalue weighted by Gasteiger charge is -2.36. The summed E-state index contributed by atoms with van der Waals surface area (Å²) in [5.74, 6) is 0.192. The number of nitrogens with one attached hydrogen (secondary N) is 2. The normalized spacial score (nSPS) is 17.7. The van der Waals surface area contributed by atoms with Crippen LogP contribution in [0.3, 0.4) is 0 Å². The molecular formula is C34H40N6O6S. The fraction of sp³-hybridized carbons (Fsp3) is 0.382. The molecule has 0 radical (unpaired) electrons. The summed E-state index contributed by atoms with van der Waals surface area (Å²) in [4.78, 5) is 23.6. The number of benzene rings is 3. The van der Waals surface area contributed by atoms with Crippen molar-refractivity contribution in [3.63, 3.8) is 0 Å². The summed E-state index contributed by atoms with van der Waals surface area (Å²) in [6, 6.07) is 23.9. The average molecular weight is 661 g/mol. The molecule has 4 aromatic rings. The molecule has 248 valence electrons. The van der Waals surface area contributed by atoms with Crippen molar-refractivity contribution in [1.29, 1.82) is 0 Å². The Balaban J connectivity index is 1.23. The first-order valence-electron chi connectivity index (χ1n) is 15.7. The summed E-state index contributed by atoms with van der Waals surface area (Å²) >= 11 is 1.54. The minimum atomic E-state index is -0.587. The Bertz CT molecular complexity index is 1600. The number of nitrogens with zero attached hydrogens (tertiary/aromatic N) is 4. The lowest BCUT2D eigenvalue weighted by molar-refractivity contribution is -0.245. The lowest BCUT2D eigenvalue weighted by Crippen LogP contribution is -2.31. The van der Waals surface area contributed by atoms with Crippen LogP contribution in [0.15, 0.2) is 78.0 Å². The summed E-state index contributed by atoms with van der Waals surface area (Å²) in [5, 5.41) is 33.5. The standard InChI is InChI=1S/C34H40N6O6S/c1-40-34(36-38-39-40)47-22-28-19-30(25-13-11-23(21-41)12-14-25)46-33(45-28)26-17-15-24(16-18-26)29-8-6-5-7-27(29)20-35-31(42)9-3-2-4-10-32(43)37-44/h5-8,11-18,28,30,33,41,44H,2-4,9-10,19-22H2,1H3,(H,35,42)(H,37,43). The van der Waals surface area contributed by atoms with Gasteiger partial charge in [-0.25, -0.2) is 10.2 Å². The number of aliphatic hydroxyl groups is 1. The zero-order chi connectivity index (χ0) is 33.0. The fourth-order valence-electron chi connectivity index (χ4n) is 5.40. The predicted octanol–water partition coefficient (Wildman–Crippen LogP) is 4.78. The van der Waals surface area contributed by atoms with E-state index in [0.29, 0.717) is 43.1 Å². The van der Waals surface area contributed by atoms with Crippen molar-refractivity contribution in [1.82, 2.24) is 31.0 Å².